The van der Waals surface area contributed by atoms with Crippen molar-refractivity contribution in [1.82, 2.24) is 9.97 Å². The molecule has 0 bridgehead atoms. The number of ether oxygens (including phenoxy) is 2. The van der Waals surface area contributed by atoms with E-state index in [9.17, 15) is 8.42 Å². The van der Waals surface area contributed by atoms with Crippen LogP contribution in [-0.4, -0.2) is 31.4 Å². The molecule has 10 heteroatoms. The maximum atomic E-state index is 12.0. The zero-order valence-electron chi connectivity index (χ0n) is 14.6. The van der Waals surface area contributed by atoms with Gasteiger partial charge in [-0.15, -0.1) is 0 Å². The molecule has 0 amide bonds. The summed E-state index contributed by atoms with van der Waals surface area (Å²) in [6.07, 6.45) is 2.68. The lowest BCUT2D eigenvalue weighted by atomic mass is 10.2. The van der Waals surface area contributed by atoms with Crippen LogP contribution < -0.4 is 20.1 Å². The van der Waals surface area contributed by atoms with Gasteiger partial charge >= 0.3 is 0 Å². The van der Waals surface area contributed by atoms with Crippen molar-refractivity contribution in [3.05, 3.63) is 53.7 Å². The number of rotatable bonds is 5. The Hall–Kier alpha value is -3.04. The van der Waals surface area contributed by atoms with Gasteiger partial charge in [0.2, 0.25) is 12.7 Å². The molecule has 8 nitrogen and oxygen atoms in total. The van der Waals surface area contributed by atoms with E-state index in [2.05, 4.69) is 20.6 Å². The van der Waals surface area contributed by atoms with Gasteiger partial charge in [0.15, 0.2) is 21.3 Å². The van der Waals surface area contributed by atoms with Crippen LogP contribution in [0.4, 0.5) is 23.1 Å². The van der Waals surface area contributed by atoms with Gasteiger partial charge in [0.05, 0.1) is 15.6 Å². The van der Waals surface area contributed by atoms with Crippen molar-refractivity contribution in [2.75, 3.05) is 23.7 Å². The fraction of sp³-hybridized carbons (Fsp3) is 0.111. The number of para-hydroxylation sites is 1. The Bertz CT molecular complexity index is 1150. The number of hydrogen-bond acceptors (Lipinski definition) is 8. The first-order chi connectivity index (χ1) is 13.4. The largest absolute Gasteiger partial charge is 0.454 e. The van der Waals surface area contributed by atoms with E-state index in [-0.39, 0.29) is 17.6 Å². The molecule has 28 heavy (non-hydrogen) atoms. The number of halogens is 1. The Morgan fingerprint density at radius 1 is 1.07 bits per heavy atom. The molecule has 1 aliphatic heterocycles. The van der Waals surface area contributed by atoms with Gasteiger partial charge in [-0.3, -0.25) is 0 Å². The minimum Gasteiger partial charge on any atom is -0.454 e. The monoisotopic (exact) mass is 418 g/mol. The third kappa shape index (κ3) is 3.67. The van der Waals surface area contributed by atoms with E-state index in [0.29, 0.717) is 33.7 Å². The SMILES string of the molecule is CS(=O)(=O)c1ccccc1Nc1nccc(Nc2c(Cl)ccc3c2OCO3)n1. The average Bonchev–Trinajstić information content (AvgIpc) is 3.13. The first-order valence-corrected chi connectivity index (χ1v) is 10.4. The second-order valence-corrected chi connectivity index (χ2v) is 8.33. The summed E-state index contributed by atoms with van der Waals surface area (Å²) in [5, 5.41) is 6.48. The van der Waals surface area contributed by atoms with E-state index in [1.54, 1.807) is 36.4 Å². The molecular weight excluding hydrogens is 404 g/mol. The summed E-state index contributed by atoms with van der Waals surface area (Å²) in [5.41, 5.74) is 0.912. The van der Waals surface area contributed by atoms with Crippen molar-refractivity contribution in [3.8, 4) is 11.5 Å². The smallest absolute Gasteiger partial charge is 0.231 e. The number of anilines is 4. The highest BCUT2D eigenvalue weighted by molar-refractivity contribution is 7.90. The Balaban J connectivity index is 1.63. The van der Waals surface area contributed by atoms with Crippen molar-refractivity contribution in [2.45, 2.75) is 4.90 Å². The van der Waals surface area contributed by atoms with E-state index in [4.69, 9.17) is 21.1 Å². The lowest BCUT2D eigenvalue weighted by Gasteiger charge is -2.12. The van der Waals surface area contributed by atoms with E-state index >= 15 is 0 Å². The molecule has 2 heterocycles. The molecule has 0 saturated carbocycles. The number of sulfone groups is 1. The first kappa shape index (κ1) is 18.3. The summed E-state index contributed by atoms with van der Waals surface area (Å²) in [7, 11) is -3.41. The molecule has 3 aromatic rings. The average molecular weight is 419 g/mol. The van der Waals surface area contributed by atoms with Gasteiger partial charge in [-0.2, -0.15) is 4.98 Å². The number of benzene rings is 2. The van der Waals surface area contributed by atoms with Gasteiger partial charge in [-0.25, -0.2) is 13.4 Å². The molecule has 4 rings (SSSR count). The quantitative estimate of drug-likeness (QED) is 0.645. The topological polar surface area (TPSA) is 102 Å². The van der Waals surface area contributed by atoms with Crippen LogP contribution in [0.15, 0.2) is 53.6 Å². The summed E-state index contributed by atoms with van der Waals surface area (Å²) >= 11 is 6.27. The third-order valence-corrected chi connectivity index (χ3v) is 5.40. The van der Waals surface area contributed by atoms with Gasteiger partial charge in [0.1, 0.15) is 11.5 Å². The zero-order chi connectivity index (χ0) is 19.7. The van der Waals surface area contributed by atoms with Crippen molar-refractivity contribution in [2.24, 2.45) is 0 Å². The normalized spacial score (nSPS) is 12.6. The number of nitrogens with zero attached hydrogens (tertiary/aromatic N) is 2. The third-order valence-electron chi connectivity index (χ3n) is 3.93. The minimum atomic E-state index is -3.41. The fourth-order valence-electron chi connectivity index (χ4n) is 2.70. The van der Waals surface area contributed by atoms with Crippen LogP contribution in [0.2, 0.25) is 5.02 Å². The van der Waals surface area contributed by atoms with Crippen molar-refractivity contribution < 1.29 is 17.9 Å². The van der Waals surface area contributed by atoms with Crippen LogP contribution in [-0.2, 0) is 9.84 Å². The molecule has 2 aromatic carbocycles. The molecule has 0 saturated heterocycles. The Kier molecular flexibility index (Phi) is 4.70. The van der Waals surface area contributed by atoms with Crippen LogP contribution in [0.1, 0.15) is 0 Å². The summed E-state index contributed by atoms with van der Waals surface area (Å²) < 4.78 is 34.8. The van der Waals surface area contributed by atoms with E-state index < -0.39 is 9.84 Å². The van der Waals surface area contributed by atoms with Crippen molar-refractivity contribution in [3.63, 3.8) is 0 Å². The molecule has 0 radical (unpaired) electrons. The molecule has 0 atom stereocenters. The van der Waals surface area contributed by atoms with E-state index in [1.807, 2.05) is 0 Å². The standard InChI is InChI=1S/C18H15ClN4O4S/c1-28(24,25)14-5-3-2-4-12(14)21-18-20-9-8-15(23-18)22-16-11(19)6-7-13-17(16)27-10-26-13/h2-9H,10H2,1H3,(H2,20,21,22,23). The van der Waals surface area contributed by atoms with E-state index in [0.717, 1.165) is 6.26 Å². The van der Waals surface area contributed by atoms with Crippen molar-refractivity contribution >= 4 is 44.6 Å². The molecule has 144 valence electrons. The highest BCUT2D eigenvalue weighted by Crippen LogP contribution is 2.44. The molecule has 1 aliphatic rings. The number of nitrogens with one attached hydrogen (secondary N) is 2. The summed E-state index contributed by atoms with van der Waals surface area (Å²) in [6.45, 7) is 0.114. The maximum Gasteiger partial charge on any atom is 0.231 e. The number of hydrogen-bond donors (Lipinski definition) is 2. The summed E-state index contributed by atoms with van der Waals surface area (Å²) in [5.74, 6) is 1.76. The molecule has 0 fully saturated rings. The van der Waals surface area contributed by atoms with Crippen LogP contribution in [0.5, 0.6) is 11.5 Å². The lowest BCUT2D eigenvalue weighted by Crippen LogP contribution is -2.05. The first-order valence-electron chi connectivity index (χ1n) is 8.16. The summed E-state index contributed by atoms with van der Waals surface area (Å²) in [6, 6.07) is 11.6. The highest BCUT2D eigenvalue weighted by atomic mass is 35.5. The van der Waals surface area contributed by atoms with Gasteiger partial charge in [-0.05, 0) is 30.3 Å². The van der Waals surface area contributed by atoms with Gasteiger partial charge in [0.25, 0.3) is 0 Å². The minimum absolute atomic E-state index is 0.114. The Labute approximate surface area is 166 Å². The Morgan fingerprint density at radius 3 is 2.71 bits per heavy atom. The van der Waals surface area contributed by atoms with Gasteiger partial charge in [0, 0.05) is 12.5 Å². The zero-order valence-corrected chi connectivity index (χ0v) is 16.2. The van der Waals surface area contributed by atoms with Gasteiger partial charge in [-0.1, -0.05) is 23.7 Å². The van der Waals surface area contributed by atoms with Gasteiger partial charge < -0.3 is 20.1 Å². The van der Waals surface area contributed by atoms with Crippen LogP contribution in [0, 0.1) is 0 Å². The maximum absolute atomic E-state index is 12.0. The second kappa shape index (κ2) is 7.17. The molecular formula is C18H15ClN4O4S. The van der Waals surface area contributed by atoms with Crippen molar-refractivity contribution in [1.29, 1.82) is 0 Å². The molecule has 0 unspecified atom stereocenters. The summed E-state index contributed by atoms with van der Waals surface area (Å²) in [4.78, 5) is 8.68. The van der Waals surface area contributed by atoms with Crippen LogP contribution >= 0.6 is 11.6 Å². The number of aromatic nitrogens is 2. The van der Waals surface area contributed by atoms with E-state index in [1.165, 1.54) is 12.3 Å². The second-order valence-electron chi connectivity index (χ2n) is 5.94. The Morgan fingerprint density at radius 2 is 1.89 bits per heavy atom. The molecule has 0 aliphatic carbocycles. The number of fused-ring (bicyclic) bond motifs is 1. The molecule has 0 spiro atoms. The van der Waals surface area contributed by atoms with Crippen LogP contribution in [0.25, 0.3) is 0 Å². The predicted octanol–water partition coefficient (Wildman–Crippen LogP) is 3.75. The molecule has 2 N–H and O–H groups in total. The molecule has 1 aromatic heterocycles. The predicted molar refractivity (Wildman–Crippen MR) is 106 cm³/mol. The fourth-order valence-corrected chi connectivity index (χ4v) is 3.74. The highest BCUT2D eigenvalue weighted by Gasteiger charge is 2.21. The lowest BCUT2D eigenvalue weighted by molar-refractivity contribution is 0.174. The van der Waals surface area contributed by atoms with Crippen LogP contribution in [0.3, 0.4) is 0 Å².